The van der Waals surface area contributed by atoms with E-state index in [9.17, 15) is 10.2 Å². The first-order valence-electron chi connectivity index (χ1n) is 4.88. The third-order valence-electron chi connectivity index (χ3n) is 2.59. The maximum absolute atomic E-state index is 9.77. The molecule has 2 atom stereocenters. The first kappa shape index (κ1) is 24.7. The molecule has 2 unspecified atom stereocenters. The van der Waals surface area contributed by atoms with Gasteiger partial charge in [-0.15, -0.1) is 0 Å². The van der Waals surface area contributed by atoms with Crippen molar-refractivity contribution in [3.05, 3.63) is 22.8 Å². The predicted molar refractivity (Wildman–Crippen MR) is 54.8 cm³/mol. The van der Waals surface area contributed by atoms with Crippen LogP contribution in [0.5, 0.6) is 0 Å². The third-order valence-corrected chi connectivity index (χ3v) is 2.59. The molecule has 3 radical (unpaired) electrons. The van der Waals surface area contributed by atoms with Gasteiger partial charge in [-0.1, -0.05) is 17.2 Å². The Morgan fingerprint density at radius 2 is 1.53 bits per heavy atom. The molecule has 6 heteroatoms. The van der Waals surface area contributed by atoms with Gasteiger partial charge in [-0.2, -0.15) is 0 Å². The summed E-state index contributed by atoms with van der Waals surface area (Å²) in [6.07, 6.45) is 1.52. The van der Waals surface area contributed by atoms with Crippen LogP contribution in [-0.4, -0.2) is 34.1 Å². The molecule has 1 saturated carbocycles. The zero-order valence-electron chi connectivity index (χ0n) is 10.4. The Balaban J connectivity index is -0.000000653. The topological polar surface area (TPSA) is 60.7 Å². The van der Waals surface area contributed by atoms with Crippen LogP contribution in [0, 0.1) is 0 Å². The first-order chi connectivity index (χ1) is 6.56. The Kier molecular flexibility index (Phi) is 18.0. The van der Waals surface area contributed by atoms with Crippen molar-refractivity contribution in [2.24, 2.45) is 0 Å². The number of hydrogen-bond donors (Lipinski definition) is 3. The van der Waals surface area contributed by atoms with E-state index in [0.717, 1.165) is 16.7 Å². The van der Waals surface area contributed by atoms with Gasteiger partial charge in [0, 0.05) is 98.1 Å². The minimum Gasteiger partial charge on any atom is -0.392 e. The molecule has 1 fully saturated rings. The van der Waals surface area contributed by atoms with Crippen molar-refractivity contribution >= 4 is 0 Å². The van der Waals surface area contributed by atoms with Crippen molar-refractivity contribution in [3.8, 4) is 0 Å². The van der Waals surface area contributed by atoms with E-state index in [1.165, 1.54) is 0 Å². The fourth-order valence-electron chi connectivity index (χ4n) is 1.98. The Hall–Kier alpha value is 2.67. The summed E-state index contributed by atoms with van der Waals surface area (Å²) in [4.78, 5) is 0. The molecule has 0 bridgehead atoms. The maximum Gasteiger partial charge on any atom is 0.0814 e. The molecule has 3 N–H and O–H groups in total. The molecule has 0 spiro atoms. The van der Waals surface area contributed by atoms with Gasteiger partial charge in [0.2, 0.25) is 0 Å². The molecule has 1 aliphatic rings. The Bertz CT molecular complexity index is 257. The largest absolute Gasteiger partial charge is 0.392 e. The van der Waals surface area contributed by atoms with Crippen LogP contribution >= 0.6 is 0 Å². The van der Waals surface area contributed by atoms with Crippen molar-refractivity contribution in [1.82, 2.24) is 0 Å². The average molecular weight is 465 g/mol. The Morgan fingerprint density at radius 3 is 1.82 bits per heavy atom. The molecule has 0 saturated heterocycles. The molecule has 0 aromatic rings. The van der Waals surface area contributed by atoms with Gasteiger partial charge in [0.25, 0.3) is 0 Å². The predicted octanol–water partition coefficient (Wildman–Crippen LogP) is 0.750. The van der Waals surface area contributed by atoms with Crippen LogP contribution in [0.25, 0.3) is 0 Å². The first-order valence-corrected chi connectivity index (χ1v) is 4.88. The normalized spacial score (nSPS) is 22.9. The van der Waals surface area contributed by atoms with Gasteiger partial charge in [-0.25, -0.2) is 0 Å². The van der Waals surface area contributed by atoms with E-state index >= 15 is 0 Å². The van der Waals surface area contributed by atoms with Crippen LogP contribution in [-0.2, 0) is 98.1 Å². The summed E-state index contributed by atoms with van der Waals surface area (Å²) in [6, 6.07) is 0. The summed E-state index contributed by atoms with van der Waals surface area (Å²) in [5.41, 5.74) is 2.64. The molecule has 0 amide bonds. The molecule has 0 aliphatic heterocycles. The average Bonchev–Trinajstić information content (AvgIpc) is 2.01. The number of rotatable bonds is 1. The van der Waals surface area contributed by atoms with E-state index in [1.54, 1.807) is 6.08 Å². The van der Waals surface area contributed by atoms with Crippen LogP contribution < -0.4 is 0 Å². The van der Waals surface area contributed by atoms with E-state index in [2.05, 4.69) is 0 Å². The summed E-state index contributed by atoms with van der Waals surface area (Å²) >= 11 is 0. The Labute approximate surface area is 179 Å². The summed E-state index contributed by atoms with van der Waals surface area (Å²) in [6.45, 7) is 3.75. The number of aliphatic hydroxyl groups is 3. The van der Waals surface area contributed by atoms with Crippen LogP contribution in [0.3, 0.4) is 0 Å². The number of allylic oxidation sites excluding steroid dienone is 1. The summed E-state index contributed by atoms with van der Waals surface area (Å²) in [7, 11) is 0. The van der Waals surface area contributed by atoms with E-state index in [1.807, 2.05) is 13.8 Å². The number of hydrogen-bond acceptors (Lipinski definition) is 3. The minimum absolute atomic E-state index is 0. The van der Waals surface area contributed by atoms with Gasteiger partial charge in [0.15, 0.2) is 0 Å². The molecular formula is C11H18O3Y3. The summed E-state index contributed by atoms with van der Waals surface area (Å²) in [5, 5.41) is 28.2. The zero-order valence-corrected chi connectivity index (χ0v) is 18.9. The molecular weight excluding hydrogens is 447 g/mol. The fraction of sp³-hybridized carbons (Fsp3) is 0.636. The van der Waals surface area contributed by atoms with Gasteiger partial charge < -0.3 is 15.3 Å². The second-order valence-corrected chi connectivity index (χ2v) is 3.94. The SMILES string of the molecule is CC(C)=C1C(O)CC(=CCO)CC1O.[Y].[Y].[Y]. The molecule has 17 heavy (non-hydrogen) atoms. The second kappa shape index (κ2) is 12.4. The molecule has 0 heterocycles. The van der Waals surface area contributed by atoms with Crippen molar-refractivity contribution in [3.63, 3.8) is 0 Å². The minimum atomic E-state index is -0.596. The van der Waals surface area contributed by atoms with Crippen molar-refractivity contribution < 1.29 is 113 Å². The van der Waals surface area contributed by atoms with Gasteiger partial charge in [0.1, 0.15) is 0 Å². The van der Waals surface area contributed by atoms with Gasteiger partial charge in [-0.05, 0) is 32.3 Å². The molecule has 3 nitrogen and oxygen atoms in total. The van der Waals surface area contributed by atoms with Crippen molar-refractivity contribution in [2.45, 2.75) is 38.9 Å². The van der Waals surface area contributed by atoms with Crippen LogP contribution in [0.1, 0.15) is 26.7 Å². The van der Waals surface area contributed by atoms with E-state index < -0.39 is 12.2 Å². The quantitative estimate of drug-likeness (QED) is 0.502. The van der Waals surface area contributed by atoms with Crippen LogP contribution in [0.2, 0.25) is 0 Å². The van der Waals surface area contributed by atoms with E-state index in [0.29, 0.717) is 12.8 Å². The smallest absolute Gasteiger partial charge is 0.0814 e. The van der Waals surface area contributed by atoms with Crippen LogP contribution in [0.4, 0.5) is 0 Å². The number of aliphatic hydroxyl groups excluding tert-OH is 3. The molecule has 1 aliphatic carbocycles. The van der Waals surface area contributed by atoms with E-state index in [4.69, 9.17) is 5.11 Å². The summed E-state index contributed by atoms with van der Waals surface area (Å²) < 4.78 is 0. The van der Waals surface area contributed by atoms with Crippen LogP contribution in [0.15, 0.2) is 22.8 Å². The van der Waals surface area contributed by atoms with Crippen molar-refractivity contribution in [2.75, 3.05) is 6.61 Å². The Morgan fingerprint density at radius 1 is 1.12 bits per heavy atom. The van der Waals surface area contributed by atoms with E-state index in [-0.39, 0.29) is 105 Å². The fourth-order valence-corrected chi connectivity index (χ4v) is 1.98. The molecule has 1 rings (SSSR count). The summed E-state index contributed by atoms with van der Waals surface area (Å²) in [5.74, 6) is 0. The monoisotopic (exact) mass is 465 g/mol. The van der Waals surface area contributed by atoms with Gasteiger partial charge in [0.05, 0.1) is 18.8 Å². The van der Waals surface area contributed by atoms with Crippen molar-refractivity contribution in [1.29, 1.82) is 0 Å². The third kappa shape index (κ3) is 7.87. The second-order valence-electron chi connectivity index (χ2n) is 3.94. The molecule has 0 aromatic heterocycles. The molecule has 0 aromatic carbocycles. The zero-order chi connectivity index (χ0) is 10.7. The maximum atomic E-state index is 9.77. The molecule has 89 valence electrons. The standard InChI is InChI=1S/C11H18O3.3Y/c1-7(2)11-9(13)5-8(3-4-12)6-10(11)14;;;/h3,9-10,12-14H,4-6H2,1-2H3;;;. The van der Waals surface area contributed by atoms with Gasteiger partial charge in [-0.3, -0.25) is 0 Å². The van der Waals surface area contributed by atoms with Gasteiger partial charge >= 0.3 is 0 Å².